The fraction of sp³-hybridized carbons (Fsp3) is 0.923. The summed E-state index contributed by atoms with van der Waals surface area (Å²) >= 11 is 0. The fourth-order valence-electron chi connectivity index (χ4n) is 6.04. The summed E-state index contributed by atoms with van der Waals surface area (Å²) in [5.74, 6) is -0.626. The van der Waals surface area contributed by atoms with Gasteiger partial charge in [0, 0.05) is 6.42 Å². The predicted molar refractivity (Wildman–Crippen MR) is 193 cm³/mol. The zero-order chi connectivity index (χ0) is 34.1. The molecule has 0 saturated carbocycles. The molecule has 0 aromatic heterocycles. The molecule has 0 unspecified atom stereocenters. The smallest absolute Gasteiger partial charge is 0.249 e. The predicted octanol–water partition coefficient (Wildman–Crippen LogP) is 8.43. The number of aliphatic hydroxyl groups is 5. The number of unbranched alkanes of at least 4 members (excludes halogenated alkanes) is 22. The van der Waals surface area contributed by atoms with Crippen molar-refractivity contribution >= 4 is 5.91 Å². The van der Waals surface area contributed by atoms with Crippen molar-refractivity contribution in [2.45, 2.75) is 224 Å². The van der Waals surface area contributed by atoms with Gasteiger partial charge in [0.15, 0.2) is 0 Å². The minimum absolute atomic E-state index is 0.177. The molecule has 5 atom stereocenters. The van der Waals surface area contributed by atoms with E-state index in [0.717, 1.165) is 25.7 Å². The Morgan fingerprint density at radius 1 is 0.522 bits per heavy atom. The van der Waals surface area contributed by atoms with Gasteiger partial charge in [0.1, 0.15) is 6.10 Å². The van der Waals surface area contributed by atoms with Crippen molar-refractivity contribution in [1.82, 2.24) is 5.32 Å². The van der Waals surface area contributed by atoms with Crippen LogP contribution in [0.25, 0.3) is 0 Å². The Kier molecular flexibility index (Phi) is 33.2. The highest BCUT2D eigenvalue weighted by Crippen LogP contribution is 2.16. The summed E-state index contributed by atoms with van der Waals surface area (Å²) in [5, 5.41) is 53.7. The molecule has 0 heterocycles. The van der Waals surface area contributed by atoms with Crippen LogP contribution in [0.2, 0.25) is 0 Å². The molecule has 0 aliphatic carbocycles. The number of hydrogen-bond donors (Lipinski definition) is 6. The van der Waals surface area contributed by atoms with Gasteiger partial charge in [-0.3, -0.25) is 4.79 Å². The van der Waals surface area contributed by atoms with Gasteiger partial charge in [0.2, 0.25) is 5.91 Å². The average molecular weight is 656 g/mol. The van der Waals surface area contributed by atoms with Crippen molar-refractivity contribution in [3.8, 4) is 0 Å². The van der Waals surface area contributed by atoms with Crippen LogP contribution in [0.5, 0.6) is 0 Å². The summed E-state index contributed by atoms with van der Waals surface area (Å²) in [6, 6.07) is -1.02. The molecule has 0 aromatic carbocycles. The lowest BCUT2D eigenvalue weighted by atomic mass is 9.98. The molecular weight excluding hydrogens is 578 g/mol. The van der Waals surface area contributed by atoms with E-state index >= 15 is 0 Å². The number of allylic oxidation sites excluding steroid dienone is 2. The van der Waals surface area contributed by atoms with Crippen LogP contribution in [0.15, 0.2) is 12.2 Å². The molecule has 0 saturated heterocycles. The first-order valence-corrected chi connectivity index (χ1v) is 19.7. The summed E-state index contributed by atoms with van der Waals surface area (Å²) in [6.07, 6.45) is 30.9. The van der Waals surface area contributed by atoms with E-state index < -0.39 is 43.0 Å². The molecule has 0 aliphatic rings. The number of rotatable bonds is 35. The van der Waals surface area contributed by atoms with E-state index in [1.165, 1.54) is 128 Å². The Labute approximate surface area is 284 Å². The maximum absolute atomic E-state index is 12.4. The maximum Gasteiger partial charge on any atom is 0.249 e. The lowest BCUT2D eigenvalue weighted by molar-refractivity contribution is -0.132. The molecule has 0 spiro atoms. The van der Waals surface area contributed by atoms with E-state index in [-0.39, 0.29) is 6.42 Å². The second-order valence-electron chi connectivity index (χ2n) is 13.8. The quantitative estimate of drug-likeness (QED) is 0.0300. The standard InChI is InChI=1S/C39H77NO6/c1-3-5-7-9-11-13-15-16-17-18-19-21-22-24-26-28-30-35(42)38(45)32-37(44)34(33-41)40-39(46)36(43)31-29-27-25-23-20-14-12-10-8-6-4-2/h24,26,34-38,41-45H,3-23,25,27-33H2,1-2H3,(H,40,46)/b26-24+/t34-,35+,36+,37-,38-/m0/s1. The van der Waals surface area contributed by atoms with Crippen molar-refractivity contribution in [3.05, 3.63) is 12.2 Å². The molecule has 7 nitrogen and oxygen atoms in total. The molecule has 1 amide bonds. The first-order chi connectivity index (χ1) is 22.4. The van der Waals surface area contributed by atoms with Gasteiger partial charge in [-0.15, -0.1) is 0 Å². The maximum atomic E-state index is 12.4. The van der Waals surface area contributed by atoms with Crippen LogP contribution in [0.1, 0.15) is 194 Å². The van der Waals surface area contributed by atoms with Gasteiger partial charge in [-0.05, 0) is 32.1 Å². The lowest BCUT2D eigenvalue weighted by Gasteiger charge is -2.27. The van der Waals surface area contributed by atoms with Gasteiger partial charge < -0.3 is 30.8 Å². The monoisotopic (exact) mass is 656 g/mol. The molecule has 6 N–H and O–H groups in total. The zero-order valence-electron chi connectivity index (χ0n) is 30.2. The van der Waals surface area contributed by atoms with E-state index in [1.54, 1.807) is 0 Å². The van der Waals surface area contributed by atoms with Gasteiger partial charge in [-0.2, -0.15) is 0 Å². The highest BCUT2D eigenvalue weighted by Gasteiger charge is 2.28. The molecule has 0 aliphatic heterocycles. The zero-order valence-corrected chi connectivity index (χ0v) is 30.2. The number of aliphatic hydroxyl groups excluding tert-OH is 5. The minimum Gasteiger partial charge on any atom is -0.394 e. The van der Waals surface area contributed by atoms with Crippen molar-refractivity contribution in [1.29, 1.82) is 0 Å². The van der Waals surface area contributed by atoms with Crippen molar-refractivity contribution in [3.63, 3.8) is 0 Å². The third-order valence-electron chi connectivity index (χ3n) is 9.32. The lowest BCUT2D eigenvalue weighted by Crippen LogP contribution is -2.50. The van der Waals surface area contributed by atoms with E-state index in [1.807, 2.05) is 6.08 Å². The Hall–Kier alpha value is -0.990. The van der Waals surface area contributed by atoms with Crippen LogP contribution in [-0.4, -0.2) is 68.5 Å². The molecule has 274 valence electrons. The van der Waals surface area contributed by atoms with Crippen LogP contribution in [0.3, 0.4) is 0 Å². The van der Waals surface area contributed by atoms with E-state index in [0.29, 0.717) is 19.3 Å². The molecule has 7 heteroatoms. The number of hydrogen-bond acceptors (Lipinski definition) is 6. The topological polar surface area (TPSA) is 130 Å². The van der Waals surface area contributed by atoms with Crippen LogP contribution in [0.4, 0.5) is 0 Å². The number of amides is 1. The molecule has 0 bridgehead atoms. The van der Waals surface area contributed by atoms with Gasteiger partial charge in [0.05, 0.1) is 31.0 Å². The highest BCUT2D eigenvalue weighted by atomic mass is 16.3. The van der Waals surface area contributed by atoms with Crippen molar-refractivity contribution in [2.75, 3.05) is 6.61 Å². The van der Waals surface area contributed by atoms with Gasteiger partial charge in [-0.25, -0.2) is 0 Å². The SMILES string of the molecule is CCCCCCCCCCCCCC/C=C/CC[C@@H](O)[C@@H](O)C[C@H](O)[C@H](CO)NC(=O)[C@H](O)CCCCCCCCCCCCC. The first kappa shape index (κ1) is 45.0. The third kappa shape index (κ3) is 28.1. The Balaban J connectivity index is 3.93. The number of carbonyl (C=O) groups is 1. The van der Waals surface area contributed by atoms with E-state index in [4.69, 9.17) is 0 Å². The van der Waals surface area contributed by atoms with E-state index in [9.17, 15) is 30.3 Å². The number of nitrogens with one attached hydrogen (secondary N) is 1. The second kappa shape index (κ2) is 33.9. The van der Waals surface area contributed by atoms with Crippen molar-refractivity contribution < 1.29 is 30.3 Å². The number of carbonyl (C=O) groups excluding carboxylic acids is 1. The second-order valence-corrected chi connectivity index (χ2v) is 13.8. The largest absolute Gasteiger partial charge is 0.394 e. The summed E-state index contributed by atoms with van der Waals surface area (Å²) < 4.78 is 0. The van der Waals surface area contributed by atoms with Crippen LogP contribution >= 0.6 is 0 Å². The van der Waals surface area contributed by atoms with Crippen molar-refractivity contribution in [2.24, 2.45) is 0 Å². The molecule has 0 rings (SSSR count). The summed E-state index contributed by atoms with van der Waals surface area (Å²) in [5.41, 5.74) is 0. The molecule has 46 heavy (non-hydrogen) atoms. The summed E-state index contributed by atoms with van der Waals surface area (Å²) in [7, 11) is 0. The Morgan fingerprint density at radius 2 is 0.935 bits per heavy atom. The van der Waals surface area contributed by atoms with Gasteiger partial charge in [0.25, 0.3) is 0 Å². The molecule has 0 radical (unpaired) electrons. The summed E-state index contributed by atoms with van der Waals surface area (Å²) in [4.78, 5) is 12.4. The van der Waals surface area contributed by atoms with E-state index in [2.05, 4.69) is 25.2 Å². The Morgan fingerprint density at radius 3 is 1.39 bits per heavy atom. The average Bonchev–Trinajstić information content (AvgIpc) is 3.05. The van der Waals surface area contributed by atoms with Crippen LogP contribution in [-0.2, 0) is 4.79 Å². The Bertz CT molecular complexity index is 675. The fourth-order valence-corrected chi connectivity index (χ4v) is 6.04. The first-order valence-electron chi connectivity index (χ1n) is 19.7. The van der Waals surface area contributed by atoms with Gasteiger partial charge >= 0.3 is 0 Å². The van der Waals surface area contributed by atoms with Crippen LogP contribution in [0, 0.1) is 0 Å². The van der Waals surface area contributed by atoms with Crippen LogP contribution < -0.4 is 5.32 Å². The van der Waals surface area contributed by atoms with Gasteiger partial charge in [-0.1, -0.05) is 167 Å². The third-order valence-corrected chi connectivity index (χ3v) is 9.32. The normalized spacial score (nSPS) is 15.2. The minimum atomic E-state index is -1.24. The molecule has 0 fully saturated rings. The summed E-state index contributed by atoms with van der Waals surface area (Å²) in [6.45, 7) is 3.97. The molecule has 0 aromatic rings. The highest BCUT2D eigenvalue weighted by molar-refractivity contribution is 5.80. The molecular formula is C39H77NO6.